The molecule has 0 atom stereocenters. The third-order valence-corrected chi connectivity index (χ3v) is 4.26. The van der Waals surface area contributed by atoms with E-state index in [4.69, 9.17) is 16.0 Å². The summed E-state index contributed by atoms with van der Waals surface area (Å²) in [5, 5.41) is 10.1. The van der Waals surface area contributed by atoms with Gasteiger partial charge >= 0.3 is 0 Å². The lowest BCUT2D eigenvalue weighted by molar-refractivity contribution is 0.485. The normalized spacial score (nSPS) is 10.3. The molecule has 23 heavy (non-hydrogen) atoms. The fourth-order valence-corrected chi connectivity index (χ4v) is 2.96. The minimum atomic E-state index is 0.569. The Morgan fingerprint density at radius 2 is 2.04 bits per heavy atom. The summed E-state index contributed by atoms with van der Waals surface area (Å²) in [4.78, 5) is 0. The van der Waals surface area contributed by atoms with Crippen LogP contribution in [0.5, 0.6) is 0 Å². The highest BCUT2D eigenvalue weighted by molar-refractivity contribution is 7.99. The van der Waals surface area contributed by atoms with E-state index in [9.17, 15) is 0 Å². The number of halogens is 1. The second-order valence-corrected chi connectivity index (χ2v) is 6.07. The van der Waals surface area contributed by atoms with Crippen LogP contribution < -0.4 is 0 Å². The number of rotatable bonds is 5. The molecule has 0 unspecified atom stereocenters. The molecule has 3 aromatic rings. The maximum atomic E-state index is 5.97. The third-order valence-electron chi connectivity index (χ3n) is 3.16. The number of benzene rings is 1. The third kappa shape index (κ3) is 3.79. The highest BCUT2D eigenvalue weighted by atomic mass is 35.5. The van der Waals surface area contributed by atoms with Gasteiger partial charge in [0.2, 0.25) is 0 Å². The number of furan rings is 1. The van der Waals surface area contributed by atoms with Gasteiger partial charge in [-0.05, 0) is 43.3 Å². The molecule has 6 heteroatoms. The van der Waals surface area contributed by atoms with E-state index >= 15 is 0 Å². The average Bonchev–Trinajstić information content (AvgIpc) is 3.20. The molecule has 0 amide bonds. The molecule has 0 spiro atoms. The molecule has 3 rings (SSSR count). The van der Waals surface area contributed by atoms with Crippen molar-refractivity contribution in [3.05, 3.63) is 53.4 Å². The summed E-state index contributed by atoms with van der Waals surface area (Å²) in [5.41, 5.74) is 0.960. The molecule has 2 heterocycles. The quantitative estimate of drug-likeness (QED) is 0.510. The maximum absolute atomic E-state index is 5.97. The first-order chi connectivity index (χ1) is 11.3. The summed E-state index contributed by atoms with van der Waals surface area (Å²) < 4.78 is 7.49. The second-order valence-electron chi connectivity index (χ2n) is 4.69. The van der Waals surface area contributed by atoms with E-state index in [2.05, 4.69) is 22.0 Å². The lowest BCUT2D eigenvalue weighted by atomic mass is 10.2. The molecule has 0 radical (unpaired) electrons. The van der Waals surface area contributed by atoms with Gasteiger partial charge in [0.1, 0.15) is 5.76 Å². The first-order valence-corrected chi connectivity index (χ1v) is 8.38. The van der Waals surface area contributed by atoms with Crippen LogP contribution in [-0.4, -0.2) is 20.5 Å². The monoisotopic (exact) mass is 343 g/mol. The highest BCUT2D eigenvalue weighted by Crippen LogP contribution is 2.26. The van der Waals surface area contributed by atoms with Gasteiger partial charge in [-0.1, -0.05) is 29.3 Å². The molecule has 0 aliphatic rings. The average molecular weight is 344 g/mol. The zero-order valence-electron chi connectivity index (χ0n) is 12.5. The van der Waals surface area contributed by atoms with E-state index in [1.165, 1.54) is 0 Å². The molecular weight excluding hydrogens is 330 g/mol. The molecule has 1 aromatic carbocycles. The number of hydrogen-bond acceptors (Lipinski definition) is 4. The maximum Gasteiger partial charge on any atom is 0.192 e. The van der Waals surface area contributed by atoms with Gasteiger partial charge in [-0.3, -0.25) is 4.57 Å². The lowest BCUT2D eigenvalue weighted by Gasteiger charge is -2.08. The van der Waals surface area contributed by atoms with Crippen LogP contribution in [0.1, 0.15) is 12.7 Å². The summed E-state index contributed by atoms with van der Waals surface area (Å²) in [7, 11) is 0. The fourth-order valence-electron chi connectivity index (χ4n) is 2.08. The summed E-state index contributed by atoms with van der Waals surface area (Å²) in [5.74, 6) is 8.22. The van der Waals surface area contributed by atoms with Crippen LogP contribution in [0.2, 0.25) is 5.02 Å². The number of nitrogens with zero attached hydrogens (tertiary/aromatic N) is 3. The topological polar surface area (TPSA) is 43.9 Å². The van der Waals surface area contributed by atoms with E-state index in [1.807, 2.05) is 47.9 Å². The van der Waals surface area contributed by atoms with Gasteiger partial charge in [-0.25, -0.2) is 0 Å². The summed E-state index contributed by atoms with van der Waals surface area (Å²) in [6.45, 7) is 2.40. The van der Waals surface area contributed by atoms with Gasteiger partial charge in [0, 0.05) is 10.6 Å². The fraction of sp³-hybridized carbons (Fsp3) is 0.176. The van der Waals surface area contributed by atoms with E-state index in [1.54, 1.807) is 18.0 Å². The molecular formula is C17H14ClN3OS. The van der Waals surface area contributed by atoms with Gasteiger partial charge in [-0.2, -0.15) is 0 Å². The molecule has 0 aliphatic carbocycles. The molecule has 0 saturated carbocycles. The Labute approximate surface area is 143 Å². The van der Waals surface area contributed by atoms with E-state index in [-0.39, 0.29) is 0 Å². The van der Waals surface area contributed by atoms with E-state index in [0.29, 0.717) is 17.3 Å². The largest absolute Gasteiger partial charge is 0.467 e. The van der Waals surface area contributed by atoms with Crippen LogP contribution >= 0.6 is 23.4 Å². The first-order valence-electron chi connectivity index (χ1n) is 7.02. The van der Waals surface area contributed by atoms with E-state index in [0.717, 1.165) is 22.3 Å². The SMILES string of the molecule is CC#CCSc1nnc(-c2ccc(Cl)cc2)n1Cc1ccco1. The Hall–Kier alpha value is -2.16. The summed E-state index contributed by atoms with van der Waals surface area (Å²) >= 11 is 7.53. The van der Waals surface area contributed by atoms with Crippen molar-refractivity contribution in [3.63, 3.8) is 0 Å². The Morgan fingerprint density at radius 1 is 1.22 bits per heavy atom. The van der Waals surface area contributed by atoms with Gasteiger partial charge in [0.25, 0.3) is 0 Å². The van der Waals surface area contributed by atoms with Crippen LogP contribution in [-0.2, 0) is 6.54 Å². The Kier molecular flexibility index (Phi) is 5.06. The summed E-state index contributed by atoms with van der Waals surface area (Å²) in [6, 6.07) is 11.4. The lowest BCUT2D eigenvalue weighted by Crippen LogP contribution is -2.03. The molecule has 0 aliphatic heterocycles. The van der Waals surface area contributed by atoms with Crippen LogP contribution in [0.25, 0.3) is 11.4 Å². The Bertz CT molecular complexity index is 829. The van der Waals surface area contributed by atoms with E-state index < -0.39 is 0 Å². The smallest absolute Gasteiger partial charge is 0.192 e. The molecule has 116 valence electrons. The molecule has 0 N–H and O–H groups in total. The van der Waals surface area contributed by atoms with Gasteiger partial charge in [-0.15, -0.1) is 16.1 Å². The zero-order valence-corrected chi connectivity index (χ0v) is 14.1. The Morgan fingerprint density at radius 3 is 2.74 bits per heavy atom. The summed E-state index contributed by atoms with van der Waals surface area (Å²) in [6.07, 6.45) is 1.66. The van der Waals surface area contributed by atoms with Crippen molar-refractivity contribution in [3.8, 4) is 23.2 Å². The minimum Gasteiger partial charge on any atom is -0.467 e. The zero-order chi connectivity index (χ0) is 16.1. The standard InChI is InChI=1S/C17H14ClN3OS/c1-2-3-11-23-17-20-19-16(13-6-8-14(18)9-7-13)21(17)12-15-5-4-10-22-15/h4-10H,11-12H2,1H3. The van der Waals surface area contributed by atoms with Crippen molar-refractivity contribution in [2.24, 2.45) is 0 Å². The van der Waals surface area contributed by atoms with Gasteiger partial charge in [0.05, 0.1) is 18.6 Å². The number of thioether (sulfide) groups is 1. The van der Waals surface area contributed by atoms with Crippen molar-refractivity contribution in [1.82, 2.24) is 14.8 Å². The van der Waals surface area contributed by atoms with Crippen molar-refractivity contribution in [2.45, 2.75) is 18.6 Å². The van der Waals surface area contributed by atoms with Crippen molar-refractivity contribution >= 4 is 23.4 Å². The molecule has 0 bridgehead atoms. The van der Waals surface area contributed by atoms with Crippen molar-refractivity contribution < 1.29 is 4.42 Å². The first kappa shape index (κ1) is 15.7. The second kappa shape index (κ2) is 7.40. The van der Waals surface area contributed by atoms with Crippen LogP contribution in [0.3, 0.4) is 0 Å². The molecule has 0 fully saturated rings. The van der Waals surface area contributed by atoms with Crippen LogP contribution in [0.4, 0.5) is 0 Å². The molecule has 0 saturated heterocycles. The number of aromatic nitrogens is 3. The van der Waals surface area contributed by atoms with Gasteiger partial charge in [0.15, 0.2) is 11.0 Å². The minimum absolute atomic E-state index is 0.569. The number of hydrogen-bond donors (Lipinski definition) is 0. The van der Waals surface area contributed by atoms with Crippen LogP contribution in [0, 0.1) is 11.8 Å². The van der Waals surface area contributed by atoms with Crippen molar-refractivity contribution in [2.75, 3.05) is 5.75 Å². The molecule has 4 nitrogen and oxygen atoms in total. The molecule has 2 aromatic heterocycles. The van der Waals surface area contributed by atoms with Gasteiger partial charge < -0.3 is 4.42 Å². The van der Waals surface area contributed by atoms with Crippen LogP contribution in [0.15, 0.2) is 52.2 Å². The predicted molar refractivity (Wildman–Crippen MR) is 92.5 cm³/mol. The predicted octanol–water partition coefficient (Wildman–Crippen LogP) is 4.36. The highest BCUT2D eigenvalue weighted by Gasteiger charge is 2.15. The Balaban J connectivity index is 1.96. The van der Waals surface area contributed by atoms with Crippen molar-refractivity contribution in [1.29, 1.82) is 0 Å².